The van der Waals surface area contributed by atoms with Crippen molar-refractivity contribution in [3.8, 4) is 0 Å². The van der Waals surface area contributed by atoms with Crippen molar-refractivity contribution in [2.75, 3.05) is 23.8 Å². The van der Waals surface area contributed by atoms with Crippen LogP contribution in [0.25, 0.3) is 0 Å². The number of Topliss-reactive ketones (excluding diaryl/α,β-unsaturated/α-hetero) is 1. The van der Waals surface area contributed by atoms with Crippen LogP contribution in [-0.2, 0) is 9.53 Å². The van der Waals surface area contributed by atoms with Gasteiger partial charge in [0, 0.05) is 23.1 Å². The number of fused-ring (bicyclic) bond motifs is 1. The standard InChI is InChI=1S/C13H14BrNO3/c1-2-18-12(17)13(7-14)8-15-10-6-4-3-5-9(10)11(13)16/h3-6,15H,2,7-8H2,1H3. The second-order valence-corrected chi connectivity index (χ2v) is 4.73. The molecular weight excluding hydrogens is 298 g/mol. The second-order valence-electron chi connectivity index (χ2n) is 4.16. The lowest BCUT2D eigenvalue weighted by atomic mass is 9.79. The van der Waals surface area contributed by atoms with Crippen LogP contribution >= 0.6 is 15.9 Å². The largest absolute Gasteiger partial charge is 0.465 e. The van der Waals surface area contributed by atoms with Crippen molar-refractivity contribution in [2.24, 2.45) is 5.41 Å². The van der Waals surface area contributed by atoms with Crippen LogP contribution in [-0.4, -0.2) is 30.2 Å². The molecule has 0 radical (unpaired) electrons. The maximum absolute atomic E-state index is 12.5. The molecule has 0 bridgehead atoms. The summed E-state index contributed by atoms with van der Waals surface area (Å²) < 4.78 is 5.03. The summed E-state index contributed by atoms with van der Waals surface area (Å²) >= 11 is 3.27. The molecule has 1 aliphatic rings. The molecule has 0 aliphatic carbocycles. The van der Waals surface area contributed by atoms with Crippen molar-refractivity contribution in [1.82, 2.24) is 0 Å². The van der Waals surface area contributed by atoms with Gasteiger partial charge in [-0.3, -0.25) is 9.59 Å². The lowest BCUT2D eigenvalue weighted by Gasteiger charge is -2.33. The van der Waals surface area contributed by atoms with Crippen molar-refractivity contribution < 1.29 is 14.3 Å². The highest BCUT2D eigenvalue weighted by atomic mass is 79.9. The average Bonchev–Trinajstić information content (AvgIpc) is 2.40. The first kappa shape index (κ1) is 13.1. The van der Waals surface area contributed by atoms with Crippen LogP contribution in [0.1, 0.15) is 17.3 Å². The fourth-order valence-corrected chi connectivity index (χ4v) is 2.70. The van der Waals surface area contributed by atoms with E-state index in [4.69, 9.17) is 4.74 Å². The summed E-state index contributed by atoms with van der Waals surface area (Å²) in [5.41, 5.74) is 0.143. The van der Waals surface area contributed by atoms with Crippen LogP contribution in [0, 0.1) is 5.41 Å². The molecular formula is C13H14BrNO3. The van der Waals surface area contributed by atoms with Gasteiger partial charge in [0.05, 0.1) is 6.61 Å². The minimum Gasteiger partial charge on any atom is -0.465 e. The third-order valence-electron chi connectivity index (χ3n) is 3.08. The number of carbonyl (C=O) groups excluding carboxylic acids is 2. The lowest BCUT2D eigenvalue weighted by Crippen LogP contribution is -2.50. The third-order valence-corrected chi connectivity index (χ3v) is 4.04. The fourth-order valence-electron chi connectivity index (χ4n) is 2.02. The molecule has 1 aliphatic heterocycles. The quantitative estimate of drug-likeness (QED) is 0.528. The number of rotatable bonds is 3. The molecule has 0 aromatic heterocycles. The monoisotopic (exact) mass is 311 g/mol. The Kier molecular flexibility index (Phi) is 3.71. The minimum atomic E-state index is -1.16. The van der Waals surface area contributed by atoms with Gasteiger partial charge in [-0.05, 0) is 19.1 Å². The van der Waals surface area contributed by atoms with E-state index in [1.54, 1.807) is 19.1 Å². The average molecular weight is 312 g/mol. The van der Waals surface area contributed by atoms with Gasteiger partial charge in [-0.15, -0.1) is 0 Å². The smallest absolute Gasteiger partial charge is 0.322 e. The minimum absolute atomic E-state index is 0.188. The molecule has 0 saturated heterocycles. The van der Waals surface area contributed by atoms with Gasteiger partial charge in [0.25, 0.3) is 0 Å². The highest BCUT2D eigenvalue weighted by Gasteiger charge is 2.49. The van der Waals surface area contributed by atoms with Crippen molar-refractivity contribution in [2.45, 2.75) is 6.92 Å². The molecule has 1 heterocycles. The Hall–Kier alpha value is -1.36. The summed E-state index contributed by atoms with van der Waals surface area (Å²) in [7, 11) is 0. The van der Waals surface area contributed by atoms with Gasteiger partial charge in [-0.1, -0.05) is 28.1 Å². The molecule has 0 saturated carbocycles. The molecule has 0 fully saturated rings. The van der Waals surface area contributed by atoms with E-state index < -0.39 is 11.4 Å². The zero-order valence-corrected chi connectivity index (χ0v) is 11.6. The summed E-state index contributed by atoms with van der Waals surface area (Å²) in [4.78, 5) is 24.6. The van der Waals surface area contributed by atoms with Crippen molar-refractivity contribution in [3.05, 3.63) is 29.8 Å². The van der Waals surface area contributed by atoms with Crippen LogP contribution in [0.3, 0.4) is 0 Å². The van der Waals surface area contributed by atoms with E-state index in [-0.39, 0.29) is 24.3 Å². The Morgan fingerprint density at radius 3 is 2.89 bits per heavy atom. The van der Waals surface area contributed by atoms with E-state index in [1.807, 2.05) is 12.1 Å². The summed E-state index contributed by atoms with van der Waals surface area (Å²) in [5, 5.41) is 3.37. The Balaban J connectivity index is 2.42. The first-order chi connectivity index (χ1) is 8.65. The highest BCUT2D eigenvalue weighted by Crippen LogP contribution is 2.35. The summed E-state index contributed by atoms with van der Waals surface area (Å²) in [6.07, 6.45) is 0. The molecule has 1 aromatic carbocycles. The molecule has 1 atom stereocenters. The zero-order valence-electron chi connectivity index (χ0n) is 10.0. The molecule has 1 aromatic rings. The maximum Gasteiger partial charge on any atom is 0.322 e. The number of hydrogen-bond donors (Lipinski definition) is 1. The number of hydrogen-bond acceptors (Lipinski definition) is 4. The third kappa shape index (κ3) is 1.92. The van der Waals surface area contributed by atoms with Crippen molar-refractivity contribution in [1.29, 1.82) is 0 Å². The van der Waals surface area contributed by atoms with Crippen LogP contribution in [0.4, 0.5) is 5.69 Å². The number of esters is 1. The van der Waals surface area contributed by atoms with Gasteiger partial charge in [-0.2, -0.15) is 0 Å². The Labute approximate surface area is 114 Å². The summed E-state index contributed by atoms with van der Waals surface area (Å²) in [6.45, 7) is 2.25. The molecule has 0 spiro atoms. The molecule has 0 amide bonds. The number of carbonyl (C=O) groups is 2. The van der Waals surface area contributed by atoms with Gasteiger partial charge < -0.3 is 10.1 Å². The fraction of sp³-hybridized carbons (Fsp3) is 0.385. The van der Waals surface area contributed by atoms with E-state index in [2.05, 4.69) is 21.2 Å². The number of ether oxygens (including phenoxy) is 1. The Bertz CT molecular complexity index is 489. The van der Waals surface area contributed by atoms with Crippen molar-refractivity contribution >= 4 is 33.4 Å². The SMILES string of the molecule is CCOC(=O)C1(CBr)CNc2ccccc2C1=O. The van der Waals surface area contributed by atoms with E-state index in [9.17, 15) is 9.59 Å². The topological polar surface area (TPSA) is 55.4 Å². The van der Waals surface area contributed by atoms with Crippen LogP contribution in [0.5, 0.6) is 0 Å². The number of alkyl halides is 1. The number of halogens is 1. The van der Waals surface area contributed by atoms with Crippen LogP contribution < -0.4 is 5.32 Å². The molecule has 2 rings (SSSR count). The predicted octanol–water partition coefficient (Wildman–Crippen LogP) is 2.24. The summed E-state index contributed by atoms with van der Waals surface area (Å²) in [6, 6.07) is 7.19. The first-order valence-corrected chi connectivity index (χ1v) is 6.88. The lowest BCUT2D eigenvalue weighted by molar-refractivity contribution is -0.150. The normalized spacial score (nSPS) is 22.0. The molecule has 1 unspecified atom stereocenters. The number of ketones is 1. The Morgan fingerprint density at radius 2 is 2.22 bits per heavy atom. The van der Waals surface area contributed by atoms with E-state index in [0.29, 0.717) is 5.56 Å². The molecule has 4 nitrogen and oxygen atoms in total. The summed E-state index contributed by atoms with van der Waals surface area (Å²) in [5.74, 6) is -0.666. The van der Waals surface area contributed by atoms with Gasteiger partial charge in [0.2, 0.25) is 0 Å². The van der Waals surface area contributed by atoms with Crippen LogP contribution in [0.15, 0.2) is 24.3 Å². The number of nitrogens with one attached hydrogen (secondary N) is 1. The van der Waals surface area contributed by atoms with Gasteiger partial charge in [0.15, 0.2) is 11.2 Å². The zero-order chi connectivity index (χ0) is 13.2. The predicted molar refractivity (Wildman–Crippen MR) is 72.1 cm³/mol. The van der Waals surface area contributed by atoms with Crippen LogP contribution in [0.2, 0.25) is 0 Å². The molecule has 5 heteroatoms. The van der Waals surface area contributed by atoms with Gasteiger partial charge >= 0.3 is 5.97 Å². The maximum atomic E-state index is 12.5. The number of para-hydroxylation sites is 1. The van der Waals surface area contributed by atoms with Gasteiger partial charge in [0.1, 0.15) is 0 Å². The van der Waals surface area contributed by atoms with E-state index in [0.717, 1.165) is 5.69 Å². The van der Waals surface area contributed by atoms with E-state index in [1.165, 1.54) is 0 Å². The molecule has 1 N–H and O–H groups in total. The number of anilines is 1. The first-order valence-electron chi connectivity index (χ1n) is 5.76. The second kappa shape index (κ2) is 5.10. The Morgan fingerprint density at radius 1 is 1.50 bits per heavy atom. The van der Waals surface area contributed by atoms with Gasteiger partial charge in [-0.25, -0.2) is 0 Å². The molecule has 18 heavy (non-hydrogen) atoms. The van der Waals surface area contributed by atoms with Crippen molar-refractivity contribution in [3.63, 3.8) is 0 Å². The van der Waals surface area contributed by atoms with E-state index >= 15 is 0 Å². The highest BCUT2D eigenvalue weighted by molar-refractivity contribution is 9.09. The number of benzene rings is 1. The molecule has 96 valence electrons.